The van der Waals surface area contributed by atoms with E-state index in [-0.39, 0.29) is 0 Å². The largest absolute Gasteiger partial charge is 0.309 e. The van der Waals surface area contributed by atoms with Crippen molar-refractivity contribution < 1.29 is 0 Å². The zero-order valence-electron chi connectivity index (χ0n) is 49.6. The van der Waals surface area contributed by atoms with Crippen molar-refractivity contribution in [1.82, 2.24) is 23.3 Å². The lowest BCUT2D eigenvalue weighted by atomic mass is 9.76. The maximum absolute atomic E-state index is 12.5. The van der Waals surface area contributed by atoms with E-state index in [0.717, 1.165) is 128 Å². The van der Waals surface area contributed by atoms with E-state index in [1.165, 1.54) is 43.1 Å². The number of pyridine rings is 1. The Bertz CT molecular complexity index is 5450. The predicted molar refractivity (Wildman–Crippen MR) is 378 cm³/mol. The Morgan fingerprint density at radius 3 is 0.703 bits per heavy atom. The third-order valence-corrected chi connectivity index (χ3v) is 18.7. The second-order valence-corrected chi connectivity index (χ2v) is 23.7. The van der Waals surface area contributed by atoms with Gasteiger partial charge in [-0.3, -0.25) is 4.98 Å². The second-order valence-electron chi connectivity index (χ2n) is 23.7. The highest BCUT2D eigenvalue weighted by atomic mass is 15.0. The van der Waals surface area contributed by atoms with Crippen LogP contribution in [0.2, 0.25) is 0 Å². The molecule has 0 radical (unpaired) electrons. The van der Waals surface area contributed by atoms with Gasteiger partial charge in [-0.25, -0.2) is 0 Å². The Hall–Kier alpha value is -12.3. The first-order chi connectivity index (χ1) is 45.1. The van der Waals surface area contributed by atoms with Gasteiger partial charge in [0.05, 0.1) is 55.4 Å². The van der Waals surface area contributed by atoms with Crippen molar-refractivity contribution in [3.63, 3.8) is 0 Å². The van der Waals surface area contributed by atoms with E-state index in [4.69, 9.17) is 4.98 Å². The van der Waals surface area contributed by atoms with Crippen LogP contribution in [0.25, 0.3) is 166 Å². The number of para-hydroxylation sites is 8. The van der Waals surface area contributed by atoms with Crippen LogP contribution in [0.1, 0.15) is 11.3 Å². The molecular weight excluding hydrogens is 1100 g/mol. The maximum Gasteiger partial charge on any atom is 0.100 e. The number of fused-ring (bicyclic) bond motifs is 12. The highest BCUT2D eigenvalue weighted by Gasteiger charge is 2.30. The fourth-order valence-corrected chi connectivity index (χ4v) is 14.9. The number of aromatic nitrogens is 5. The molecule has 18 aromatic rings. The van der Waals surface area contributed by atoms with Crippen LogP contribution in [0.15, 0.2) is 309 Å². The average Bonchev–Trinajstić information content (AvgIpc) is 2.10. The minimum Gasteiger partial charge on any atom is -0.309 e. The molecule has 0 aliphatic heterocycles. The van der Waals surface area contributed by atoms with Crippen LogP contribution in [0.5, 0.6) is 0 Å². The molecular formula is C85H54N6. The Morgan fingerprint density at radius 2 is 0.473 bits per heavy atom. The molecule has 0 fully saturated rings. The number of rotatable bonds is 9. The first kappa shape index (κ1) is 51.9. The van der Waals surface area contributed by atoms with Crippen molar-refractivity contribution in [2.24, 2.45) is 0 Å². The Kier molecular flexibility index (Phi) is 11.8. The summed E-state index contributed by atoms with van der Waals surface area (Å²) in [6, 6.07) is 114. The molecule has 18 rings (SSSR count). The van der Waals surface area contributed by atoms with E-state index in [1.54, 1.807) is 0 Å². The fourth-order valence-electron chi connectivity index (χ4n) is 14.9. The lowest BCUT2D eigenvalue weighted by molar-refractivity contribution is 1.18. The van der Waals surface area contributed by atoms with Crippen molar-refractivity contribution >= 4 is 87.2 Å². The summed E-state index contributed by atoms with van der Waals surface area (Å²) < 4.78 is 9.43. The van der Waals surface area contributed by atoms with Gasteiger partial charge >= 0.3 is 0 Å². The SMILES string of the molecule is Cc1cccc(-c2c(-c3ccc(-n4c5ccccc5c5ccccc54)cc3)c(-c3ccc(-n4c5ccccc5c5ccccc54)cc3)c(C#N)c(-c3ccc(-n4c5ccccc5c5ccccc54)cc3)c2-c2ccc(-n3c4ccccc4c4ccccc43)cc2)n1. The third-order valence-electron chi connectivity index (χ3n) is 18.7. The molecule has 0 saturated carbocycles. The van der Waals surface area contributed by atoms with Crippen LogP contribution in [-0.4, -0.2) is 23.3 Å². The predicted octanol–water partition coefficient (Wildman–Crippen LogP) is 22.0. The van der Waals surface area contributed by atoms with Crippen LogP contribution >= 0.6 is 0 Å². The van der Waals surface area contributed by atoms with Gasteiger partial charge in [0, 0.05) is 99.4 Å². The molecule has 0 aliphatic carbocycles. The molecule has 6 nitrogen and oxygen atoms in total. The van der Waals surface area contributed by atoms with Crippen molar-refractivity contribution in [2.75, 3.05) is 0 Å². The highest BCUT2D eigenvalue weighted by Crippen LogP contribution is 2.53. The normalized spacial score (nSPS) is 11.8. The van der Waals surface area contributed by atoms with E-state index in [2.05, 4.69) is 341 Å². The fraction of sp³-hybridized carbons (Fsp3) is 0.0118. The molecule has 5 aromatic heterocycles. The first-order valence-electron chi connectivity index (χ1n) is 31.0. The molecule has 6 heteroatoms. The van der Waals surface area contributed by atoms with E-state index in [9.17, 15) is 5.26 Å². The topological polar surface area (TPSA) is 56.4 Å². The Labute approximate surface area is 524 Å². The first-order valence-corrected chi connectivity index (χ1v) is 31.0. The smallest absolute Gasteiger partial charge is 0.100 e. The van der Waals surface area contributed by atoms with Gasteiger partial charge in [-0.2, -0.15) is 5.26 Å². The summed E-state index contributed by atoms with van der Waals surface area (Å²) in [5, 5.41) is 22.1. The summed E-state index contributed by atoms with van der Waals surface area (Å²) in [4.78, 5) is 5.51. The number of hydrogen-bond acceptors (Lipinski definition) is 2. The Morgan fingerprint density at radius 1 is 0.242 bits per heavy atom. The Balaban J connectivity index is 0.936. The van der Waals surface area contributed by atoms with Crippen molar-refractivity contribution in [3.8, 4) is 84.6 Å². The van der Waals surface area contributed by atoms with Crippen LogP contribution in [-0.2, 0) is 0 Å². The minimum atomic E-state index is 0.563. The molecule has 424 valence electrons. The summed E-state index contributed by atoms with van der Waals surface area (Å²) in [5.74, 6) is 0. The molecule has 0 N–H and O–H groups in total. The molecule has 0 unspecified atom stereocenters. The van der Waals surface area contributed by atoms with Crippen LogP contribution in [0.3, 0.4) is 0 Å². The molecule has 0 atom stereocenters. The van der Waals surface area contributed by atoms with Crippen molar-refractivity contribution in [1.29, 1.82) is 5.26 Å². The molecule has 5 heterocycles. The maximum atomic E-state index is 12.5. The molecule has 91 heavy (non-hydrogen) atoms. The monoisotopic (exact) mass is 1160 g/mol. The quantitative estimate of drug-likeness (QED) is 0.145. The van der Waals surface area contributed by atoms with Gasteiger partial charge in [-0.15, -0.1) is 0 Å². The zero-order chi connectivity index (χ0) is 60.3. The van der Waals surface area contributed by atoms with E-state index < -0.39 is 0 Å². The van der Waals surface area contributed by atoms with Gasteiger partial charge in [0.1, 0.15) is 6.07 Å². The number of benzene rings is 13. The lowest BCUT2D eigenvalue weighted by Crippen LogP contribution is -2.04. The minimum absolute atomic E-state index is 0.563. The number of nitrogens with zero attached hydrogens (tertiary/aromatic N) is 6. The molecule has 0 aliphatic rings. The zero-order valence-corrected chi connectivity index (χ0v) is 49.6. The van der Waals surface area contributed by atoms with E-state index in [0.29, 0.717) is 5.56 Å². The molecule has 0 saturated heterocycles. The van der Waals surface area contributed by atoms with Gasteiger partial charge < -0.3 is 18.3 Å². The van der Waals surface area contributed by atoms with Crippen molar-refractivity contribution in [2.45, 2.75) is 6.92 Å². The number of hydrogen-bond donors (Lipinski definition) is 0. The highest BCUT2D eigenvalue weighted by molar-refractivity contribution is 6.14. The van der Waals surface area contributed by atoms with Gasteiger partial charge in [0.25, 0.3) is 0 Å². The van der Waals surface area contributed by atoms with Gasteiger partial charge in [-0.05, 0) is 138 Å². The third kappa shape index (κ3) is 8.01. The summed E-state index contributed by atoms with van der Waals surface area (Å²) >= 11 is 0. The van der Waals surface area contributed by atoms with Crippen molar-refractivity contribution in [3.05, 3.63) is 321 Å². The molecule has 0 spiro atoms. The number of nitriles is 1. The standard InChI is InChI=1S/C85H54N6/c1-54-19-18-28-72(87-54)85-83(57-41-49-61(50-42-57)90-77-33-14-6-24-67(77)68-25-7-15-34-78(68)90)81(55-37-45-59(46-38-55)88-73-29-10-2-20-63(73)64-21-3-11-30-74(64)88)71(53-86)82(56-39-47-60(48-40-56)89-75-31-12-4-22-65(75)66-23-5-13-32-76(66)89)84(85)58-43-51-62(52-44-58)91-79-35-16-8-26-69(79)70-27-9-17-36-80(70)91/h2-52H,1H3. The summed E-state index contributed by atoms with van der Waals surface area (Å²) in [7, 11) is 0. The number of aryl methyl sites for hydroxylation is 1. The molecule has 0 bridgehead atoms. The van der Waals surface area contributed by atoms with Crippen LogP contribution in [0, 0.1) is 18.3 Å². The second kappa shape index (κ2) is 20.7. The van der Waals surface area contributed by atoms with Gasteiger partial charge in [-0.1, -0.05) is 200 Å². The van der Waals surface area contributed by atoms with Crippen LogP contribution < -0.4 is 0 Å². The average molecular weight is 1160 g/mol. The van der Waals surface area contributed by atoms with Crippen LogP contribution in [0.4, 0.5) is 0 Å². The van der Waals surface area contributed by atoms with Gasteiger partial charge in [0.15, 0.2) is 0 Å². The van der Waals surface area contributed by atoms with E-state index >= 15 is 0 Å². The summed E-state index contributed by atoms with van der Waals surface area (Å²) in [6.07, 6.45) is 0. The summed E-state index contributed by atoms with van der Waals surface area (Å²) in [5.41, 5.74) is 23.6. The van der Waals surface area contributed by atoms with Gasteiger partial charge in [0.2, 0.25) is 0 Å². The molecule has 0 amide bonds. The lowest BCUT2D eigenvalue weighted by Gasteiger charge is -2.26. The summed E-state index contributed by atoms with van der Waals surface area (Å²) in [6.45, 7) is 2.07. The van der Waals surface area contributed by atoms with E-state index in [1.807, 2.05) is 0 Å². The molecule has 13 aromatic carbocycles.